The third kappa shape index (κ3) is 6.52. The van der Waals surface area contributed by atoms with Crippen LogP contribution in [0.25, 0.3) is 0 Å². The fourth-order valence-corrected chi connectivity index (χ4v) is 4.88. The summed E-state index contributed by atoms with van der Waals surface area (Å²) >= 11 is 0.996. The van der Waals surface area contributed by atoms with Crippen LogP contribution in [0.15, 0.2) is 58.4 Å². The lowest BCUT2D eigenvalue weighted by atomic mass is 10.1. The summed E-state index contributed by atoms with van der Waals surface area (Å²) < 4.78 is 28.2. The van der Waals surface area contributed by atoms with Gasteiger partial charge in [0.05, 0.1) is 10.6 Å². The van der Waals surface area contributed by atoms with Crippen molar-refractivity contribution in [3.8, 4) is 0 Å². The first-order chi connectivity index (χ1) is 16.0. The number of hydrogen-bond donors (Lipinski definition) is 5. The van der Waals surface area contributed by atoms with Gasteiger partial charge in [0.1, 0.15) is 4.88 Å². The average Bonchev–Trinajstić information content (AvgIpc) is 3.12. The molecule has 13 heteroatoms. The smallest absolute Gasteiger partial charge is 0.303 e. The van der Waals surface area contributed by atoms with E-state index in [1.807, 2.05) is 0 Å². The number of benzene rings is 2. The van der Waals surface area contributed by atoms with Gasteiger partial charge < -0.3 is 21.9 Å². The van der Waals surface area contributed by atoms with Gasteiger partial charge in [0.25, 0.3) is 15.9 Å². The highest BCUT2D eigenvalue weighted by atomic mass is 32.2. The van der Waals surface area contributed by atoms with Crippen molar-refractivity contribution in [2.24, 2.45) is 16.5 Å². The molecule has 0 unspecified atom stereocenters. The Labute approximate surface area is 199 Å². The van der Waals surface area contributed by atoms with Crippen LogP contribution < -0.4 is 21.5 Å². The second-order valence-corrected chi connectivity index (χ2v) is 9.79. The second kappa shape index (κ2) is 10.3. The number of amides is 1. The van der Waals surface area contributed by atoms with E-state index in [-0.39, 0.29) is 39.4 Å². The maximum absolute atomic E-state index is 12.9. The van der Waals surface area contributed by atoms with Crippen LogP contribution in [0, 0.1) is 6.92 Å². The molecule has 1 heterocycles. The van der Waals surface area contributed by atoms with Crippen molar-refractivity contribution in [3.63, 3.8) is 0 Å². The number of rotatable bonds is 9. The van der Waals surface area contributed by atoms with Crippen LogP contribution in [-0.2, 0) is 21.2 Å². The number of nitrogens with two attached hydrogens (primary N) is 2. The molecule has 0 radical (unpaired) electrons. The van der Waals surface area contributed by atoms with Gasteiger partial charge in [-0.15, -0.1) is 0 Å². The number of hydrogen-bond acceptors (Lipinski definition) is 7. The molecule has 34 heavy (non-hydrogen) atoms. The Balaban J connectivity index is 1.76. The molecule has 0 aliphatic rings. The summed E-state index contributed by atoms with van der Waals surface area (Å²) in [4.78, 5) is 31.6. The van der Waals surface area contributed by atoms with Crippen molar-refractivity contribution in [2.45, 2.75) is 24.7 Å². The molecule has 0 bridgehead atoms. The summed E-state index contributed by atoms with van der Waals surface area (Å²) in [7, 11) is -3.97. The zero-order chi connectivity index (χ0) is 24.9. The first-order valence-electron chi connectivity index (χ1n) is 9.85. The first kappa shape index (κ1) is 24.7. The molecule has 3 aromatic rings. The second-order valence-electron chi connectivity index (χ2n) is 7.13. The van der Waals surface area contributed by atoms with E-state index in [0.29, 0.717) is 16.9 Å². The Kier molecular flexibility index (Phi) is 7.48. The zero-order valence-corrected chi connectivity index (χ0v) is 19.6. The molecular formula is C21H22N6O5S2. The minimum absolute atomic E-state index is 0.0648. The van der Waals surface area contributed by atoms with Gasteiger partial charge >= 0.3 is 5.97 Å². The number of aliphatic imine (C=N–C) groups is 1. The van der Waals surface area contributed by atoms with Gasteiger partial charge in [-0.2, -0.15) is 4.99 Å². The van der Waals surface area contributed by atoms with Crippen molar-refractivity contribution in [2.75, 3.05) is 10.0 Å². The number of carbonyl (C=O) groups is 2. The number of sulfonamides is 1. The third-order valence-corrected chi connectivity index (χ3v) is 6.85. The zero-order valence-electron chi connectivity index (χ0n) is 18.0. The minimum Gasteiger partial charge on any atom is -0.481 e. The van der Waals surface area contributed by atoms with Gasteiger partial charge in [0.15, 0.2) is 5.96 Å². The van der Waals surface area contributed by atoms with Crippen molar-refractivity contribution in [1.82, 2.24) is 4.98 Å². The lowest BCUT2D eigenvalue weighted by molar-refractivity contribution is -0.136. The maximum atomic E-state index is 12.9. The number of carbonyl (C=O) groups excluding carboxylic acids is 1. The predicted octanol–water partition coefficient (Wildman–Crippen LogP) is 2.43. The predicted molar refractivity (Wildman–Crippen MR) is 130 cm³/mol. The number of nitrogens with one attached hydrogen (secondary N) is 2. The lowest BCUT2D eigenvalue weighted by Gasteiger charge is -2.11. The Bertz CT molecular complexity index is 1360. The van der Waals surface area contributed by atoms with E-state index in [2.05, 4.69) is 20.0 Å². The number of carboxylic acids is 1. The summed E-state index contributed by atoms with van der Waals surface area (Å²) in [5.41, 5.74) is 12.3. The van der Waals surface area contributed by atoms with Crippen LogP contribution >= 0.6 is 11.3 Å². The van der Waals surface area contributed by atoms with Crippen molar-refractivity contribution in [3.05, 3.63) is 64.7 Å². The molecule has 178 valence electrons. The van der Waals surface area contributed by atoms with E-state index >= 15 is 0 Å². The van der Waals surface area contributed by atoms with E-state index in [1.54, 1.807) is 37.3 Å². The van der Waals surface area contributed by atoms with Crippen LogP contribution in [0.4, 0.5) is 16.5 Å². The Morgan fingerprint density at radius 2 is 1.82 bits per heavy atom. The molecule has 0 fully saturated rings. The number of thiazole rings is 1. The molecule has 11 nitrogen and oxygen atoms in total. The Morgan fingerprint density at radius 1 is 1.12 bits per heavy atom. The average molecular weight is 503 g/mol. The van der Waals surface area contributed by atoms with Crippen molar-refractivity contribution >= 4 is 55.7 Å². The number of guanidine groups is 1. The van der Waals surface area contributed by atoms with Gasteiger partial charge in [-0.05, 0) is 49.2 Å². The van der Waals surface area contributed by atoms with Crippen LogP contribution in [0.3, 0.4) is 0 Å². The quantitative estimate of drug-likeness (QED) is 0.218. The largest absolute Gasteiger partial charge is 0.481 e. The number of aliphatic carboxylic acids is 1. The van der Waals surface area contributed by atoms with Crippen LogP contribution in [0.2, 0.25) is 0 Å². The van der Waals surface area contributed by atoms with E-state index in [4.69, 9.17) is 16.6 Å². The normalized spacial score (nSPS) is 11.0. The summed E-state index contributed by atoms with van der Waals surface area (Å²) in [6.07, 6.45) is 0.207. The highest BCUT2D eigenvalue weighted by molar-refractivity contribution is 7.92. The Morgan fingerprint density at radius 3 is 2.53 bits per heavy atom. The fourth-order valence-electron chi connectivity index (χ4n) is 2.94. The molecule has 1 aromatic heterocycles. The number of aryl methyl sites for hydroxylation is 2. The molecular weight excluding hydrogens is 480 g/mol. The van der Waals surface area contributed by atoms with E-state index < -0.39 is 21.9 Å². The fraction of sp³-hybridized carbons (Fsp3) is 0.143. The molecule has 3 rings (SSSR count). The summed E-state index contributed by atoms with van der Waals surface area (Å²) in [5, 5.41) is 11.7. The Hall–Kier alpha value is -3.97. The molecule has 0 aliphatic heterocycles. The van der Waals surface area contributed by atoms with E-state index in [1.165, 1.54) is 18.2 Å². The number of carboxylic acid groups (broad SMARTS) is 1. The van der Waals surface area contributed by atoms with Gasteiger partial charge in [-0.25, -0.2) is 13.4 Å². The van der Waals surface area contributed by atoms with Gasteiger partial charge in [0.2, 0.25) is 5.13 Å². The van der Waals surface area contributed by atoms with Crippen molar-refractivity contribution in [1.29, 1.82) is 0 Å². The molecule has 0 aliphatic carbocycles. The van der Waals surface area contributed by atoms with E-state index in [9.17, 15) is 18.0 Å². The first-order valence-corrected chi connectivity index (χ1v) is 12.2. The number of nitrogens with zero attached hydrogens (tertiary/aromatic N) is 2. The molecule has 2 aromatic carbocycles. The SMILES string of the molecule is Cc1nc(N=C(N)N)sc1C(=O)Nc1cccc(S(=O)(=O)Nc2cccc(CCC(=O)O)c2)c1. The van der Waals surface area contributed by atoms with Crippen molar-refractivity contribution < 1.29 is 23.1 Å². The monoisotopic (exact) mass is 502 g/mol. The molecule has 7 N–H and O–H groups in total. The summed E-state index contributed by atoms with van der Waals surface area (Å²) in [6.45, 7) is 1.63. The van der Waals surface area contributed by atoms with Crippen LogP contribution in [-0.4, -0.2) is 36.3 Å². The van der Waals surface area contributed by atoms with Crippen LogP contribution in [0.5, 0.6) is 0 Å². The molecule has 0 saturated carbocycles. The van der Waals surface area contributed by atoms with Crippen LogP contribution in [0.1, 0.15) is 27.3 Å². The number of aromatic nitrogens is 1. The maximum Gasteiger partial charge on any atom is 0.303 e. The van der Waals surface area contributed by atoms with E-state index in [0.717, 1.165) is 11.3 Å². The summed E-state index contributed by atoms with van der Waals surface area (Å²) in [6, 6.07) is 12.3. The highest BCUT2D eigenvalue weighted by Gasteiger charge is 2.18. The topological polar surface area (TPSA) is 190 Å². The number of anilines is 2. The molecule has 1 amide bonds. The lowest BCUT2D eigenvalue weighted by Crippen LogP contribution is -2.21. The third-order valence-electron chi connectivity index (χ3n) is 4.43. The standard InChI is InChI=1S/C21H22N6O5S2/c1-12-18(33-21(24-12)26-20(22)23)19(30)25-14-5-3-7-16(11-14)34(31,32)27-15-6-2-4-13(10-15)8-9-17(28)29/h2-7,10-11,27H,8-9H2,1H3,(H,25,30)(H,28,29)(H4,22,23,24,26). The minimum atomic E-state index is -3.97. The highest BCUT2D eigenvalue weighted by Crippen LogP contribution is 2.26. The summed E-state index contributed by atoms with van der Waals surface area (Å²) in [5.74, 6) is -1.61. The van der Waals surface area contributed by atoms with Gasteiger partial charge in [0, 0.05) is 17.8 Å². The van der Waals surface area contributed by atoms with Gasteiger partial charge in [-0.3, -0.25) is 14.3 Å². The molecule has 0 atom stereocenters. The van der Waals surface area contributed by atoms with Gasteiger partial charge in [-0.1, -0.05) is 29.5 Å². The molecule has 0 saturated heterocycles. The molecule has 0 spiro atoms.